The molecule has 1 aliphatic heterocycles. The molecule has 1 aliphatic carbocycles. The van der Waals surface area contributed by atoms with Crippen LogP contribution in [0.1, 0.15) is 44.8 Å². The van der Waals surface area contributed by atoms with Gasteiger partial charge in [-0.2, -0.15) is 5.10 Å². The normalized spacial score (nSPS) is 18.2. The fraction of sp³-hybridized carbons (Fsp3) is 0.258. The number of fused-ring (bicyclic) bond motifs is 2. The van der Waals surface area contributed by atoms with E-state index in [1.807, 2.05) is 6.07 Å². The number of carbonyl (C=O) groups is 4. The highest BCUT2D eigenvalue weighted by molar-refractivity contribution is 6.04. The largest absolute Gasteiger partial charge is 0.364 e. The second-order valence-electron chi connectivity index (χ2n) is 10.5. The number of rotatable bonds is 7. The van der Waals surface area contributed by atoms with Gasteiger partial charge in [0.2, 0.25) is 5.91 Å². The van der Waals surface area contributed by atoms with Crippen molar-refractivity contribution in [3.8, 4) is 11.1 Å². The Bertz CT molecular complexity index is 1750. The average Bonchev–Trinajstić information content (AvgIpc) is 3.65. The van der Waals surface area contributed by atoms with E-state index >= 15 is 4.39 Å². The van der Waals surface area contributed by atoms with Crippen molar-refractivity contribution in [3.05, 3.63) is 88.9 Å². The van der Waals surface area contributed by atoms with E-state index in [0.29, 0.717) is 34.9 Å². The van der Waals surface area contributed by atoms with Gasteiger partial charge in [0, 0.05) is 35.8 Å². The number of nitrogens with two attached hydrogens (primary N) is 1. The highest BCUT2D eigenvalue weighted by Gasteiger charge is 2.40. The Morgan fingerprint density at radius 3 is 2.61 bits per heavy atom. The quantitative estimate of drug-likeness (QED) is 0.372. The summed E-state index contributed by atoms with van der Waals surface area (Å²) in [5, 5.41) is 4.66. The number of carbonyl (C=O) groups excluding carboxylic acids is 4. The van der Waals surface area contributed by atoms with Crippen molar-refractivity contribution in [1.29, 1.82) is 0 Å². The summed E-state index contributed by atoms with van der Waals surface area (Å²) in [7, 11) is 0. The van der Waals surface area contributed by atoms with Crippen molar-refractivity contribution in [3.63, 3.8) is 0 Å². The first-order chi connectivity index (χ1) is 19.7. The van der Waals surface area contributed by atoms with E-state index in [1.54, 1.807) is 48.5 Å². The van der Waals surface area contributed by atoms with Crippen molar-refractivity contribution >= 4 is 34.3 Å². The van der Waals surface area contributed by atoms with Gasteiger partial charge < -0.3 is 10.6 Å². The topological polar surface area (TPSA) is 115 Å². The summed E-state index contributed by atoms with van der Waals surface area (Å²) in [6, 6.07) is 15.7. The van der Waals surface area contributed by atoms with Crippen molar-refractivity contribution < 1.29 is 28.0 Å². The molecule has 1 aromatic heterocycles. The molecule has 2 N–H and O–H groups in total. The number of halogens is 2. The summed E-state index contributed by atoms with van der Waals surface area (Å²) in [5.74, 6) is -2.36. The SMILES string of the molecule is NC(=O)c1nn(CC(=O)N2C[C@H](F)C[C@H]2C(=O)Cc2cccc(-c3ccc4c(c3)C(=O)CC4)c2F)c2ccccc12. The third-order valence-corrected chi connectivity index (χ3v) is 7.90. The van der Waals surface area contributed by atoms with Crippen molar-refractivity contribution in [2.75, 3.05) is 6.54 Å². The van der Waals surface area contributed by atoms with Crippen molar-refractivity contribution in [2.24, 2.45) is 5.73 Å². The molecule has 1 fully saturated rings. The molecule has 2 heterocycles. The molecule has 2 aliphatic rings. The molecule has 3 aromatic carbocycles. The van der Waals surface area contributed by atoms with Gasteiger partial charge in [0.15, 0.2) is 17.3 Å². The lowest BCUT2D eigenvalue weighted by Crippen LogP contribution is -2.43. The molecule has 6 rings (SSSR count). The number of nitrogens with zero attached hydrogens (tertiary/aromatic N) is 3. The number of para-hydroxylation sites is 1. The molecule has 4 aromatic rings. The summed E-state index contributed by atoms with van der Waals surface area (Å²) in [5.41, 5.74) is 8.39. The highest BCUT2D eigenvalue weighted by atomic mass is 19.1. The van der Waals surface area contributed by atoms with Gasteiger partial charge in [-0.25, -0.2) is 8.78 Å². The maximum Gasteiger partial charge on any atom is 0.269 e. The van der Waals surface area contributed by atoms with Gasteiger partial charge in [0.25, 0.3) is 5.91 Å². The molecule has 8 nitrogen and oxygen atoms in total. The van der Waals surface area contributed by atoms with Crippen molar-refractivity contribution in [1.82, 2.24) is 14.7 Å². The minimum absolute atomic E-state index is 0.00825. The van der Waals surface area contributed by atoms with Gasteiger partial charge in [-0.1, -0.05) is 48.5 Å². The fourth-order valence-corrected chi connectivity index (χ4v) is 5.86. The zero-order valence-electron chi connectivity index (χ0n) is 22.0. The van der Waals surface area contributed by atoms with Crippen LogP contribution in [-0.2, 0) is 29.0 Å². The van der Waals surface area contributed by atoms with Gasteiger partial charge in [-0.3, -0.25) is 23.9 Å². The zero-order chi connectivity index (χ0) is 28.8. The van der Waals surface area contributed by atoms with Crippen LogP contribution in [0.25, 0.3) is 22.0 Å². The monoisotopic (exact) mass is 556 g/mol. The van der Waals surface area contributed by atoms with E-state index in [9.17, 15) is 23.6 Å². The highest BCUT2D eigenvalue weighted by Crippen LogP contribution is 2.31. The number of benzene rings is 3. The van der Waals surface area contributed by atoms with Gasteiger partial charge in [-0.15, -0.1) is 0 Å². The lowest BCUT2D eigenvalue weighted by Gasteiger charge is -2.23. The summed E-state index contributed by atoms with van der Waals surface area (Å²) >= 11 is 0. The molecule has 1 saturated heterocycles. The molecule has 10 heteroatoms. The summed E-state index contributed by atoms with van der Waals surface area (Å²) < 4.78 is 31.5. The third kappa shape index (κ3) is 4.79. The molecule has 2 amide bonds. The first kappa shape index (κ1) is 26.5. The molecule has 0 radical (unpaired) electrons. The molecule has 2 atom stereocenters. The number of hydrogen-bond acceptors (Lipinski definition) is 5. The Morgan fingerprint density at radius 2 is 1.80 bits per heavy atom. The van der Waals surface area contributed by atoms with Crippen LogP contribution in [0.2, 0.25) is 0 Å². The number of primary amides is 1. The molecular formula is C31H26F2N4O4. The molecule has 41 heavy (non-hydrogen) atoms. The Balaban J connectivity index is 1.23. The van der Waals surface area contributed by atoms with E-state index in [1.165, 1.54) is 15.6 Å². The predicted molar refractivity (Wildman–Crippen MR) is 146 cm³/mol. The van der Waals surface area contributed by atoms with Crippen molar-refractivity contribution in [2.45, 2.75) is 44.4 Å². The van der Waals surface area contributed by atoms with Crippen LogP contribution >= 0.6 is 0 Å². The van der Waals surface area contributed by atoms with Crippen LogP contribution in [0, 0.1) is 5.82 Å². The minimum atomic E-state index is -1.41. The first-order valence-corrected chi connectivity index (χ1v) is 13.4. The molecular weight excluding hydrogens is 530 g/mol. The van der Waals surface area contributed by atoms with E-state index < -0.39 is 35.6 Å². The Kier molecular flexibility index (Phi) is 6.69. The summed E-state index contributed by atoms with van der Waals surface area (Å²) in [4.78, 5) is 51.9. The number of aryl methyl sites for hydroxylation is 1. The number of aromatic nitrogens is 2. The van der Waals surface area contributed by atoms with Crippen LogP contribution in [0.4, 0.5) is 8.78 Å². The average molecular weight is 557 g/mol. The van der Waals surface area contributed by atoms with Gasteiger partial charge in [-0.05, 0) is 35.2 Å². The molecule has 0 spiro atoms. The lowest BCUT2D eigenvalue weighted by molar-refractivity contribution is -0.138. The second kappa shape index (κ2) is 10.3. The van der Waals surface area contributed by atoms with Gasteiger partial charge in [0.1, 0.15) is 18.5 Å². The molecule has 0 unspecified atom stereocenters. The van der Waals surface area contributed by atoms with E-state index in [0.717, 1.165) is 5.56 Å². The van der Waals surface area contributed by atoms with Crippen LogP contribution in [0.3, 0.4) is 0 Å². The fourth-order valence-electron chi connectivity index (χ4n) is 5.86. The lowest BCUT2D eigenvalue weighted by atomic mass is 9.95. The first-order valence-electron chi connectivity index (χ1n) is 13.4. The zero-order valence-corrected chi connectivity index (χ0v) is 22.0. The predicted octanol–water partition coefficient (Wildman–Crippen LogP) is 3.82. The maximum absolute atomic E-state index is 15.6. The second-order valence-corrected chi connectivity index (χ2v) is 10.5. The summed E-state index contributed by atoms with van der Waals surface area (Å²) in [6.07, 6.45) is -0.832. The van der Waals surface area contributed by atoms with Crippen LogP contribution < -0.4 is 5.73 Å². The Hall–Kier alpha value is -4.73. The molecule has 0 saturated carbocycles. The number of amides is 2. The van der Waals surface area contributed by atoms with Crippen LogP contribution in [-0.4, -0.2) is 56.8 Å². The smallest absolute Gasteiger partial charge is 0.269 e. The Morgan fingerprint density at radius 1 is 1.00 bits per heavy atom. The van der Waals surface area contributed by atoms with Gasteiger partial charge in [0.05, 0.1) is 18.1 Å². The number of ketones is 2. The Labute approximate surface area is 233 Å². The third-order valence-electron chi connectivity index (χ3n) is 7.90. The van der Waals surface area contributed by atoms with Crippen LogP contribution in [0.5, 0.6) is 0 Å². The number of Topliss-reactive ketones (excluding diaryl/α,β-unsaturated/α-hetero) is 2. The van der Waals surface area contributed by atoms with E-state index in [4.69, 9.17) is 5.73 Å². The number of hydrogen-bond donors (Lipinski definition) is 1. The van der Waals surface area contributed by atoms with E-state index in [2.05, 4.69) is 5.10 Å². The molecule has 0 bridgehead atoms. The minimum Gasteiger partial charge on any atom is -0.364 e. The van der Waals surface area contributed by atoms with Gasteiger partial charge >= 0.3 is 0 Å². The van der Waals surface area contributed by atoms with E-state index in [-0.39, 0.29) is 48.5 Å². The molecule has 208 valence electrons. The van der Waals surface area contributed by atoms with Crippen LogP contribution in [0.15, 0.2) is 60.7 Å². The maximum atomic E-state index is 15.6. The number of alkyl halides is 1. The summed E-state index contributed by atoms with van der Waals surface area (Å²) in [6.45, 7) is -0.603. The number of likely N-dealkylation sites (tertiary alicyclic amines) is 1. The standard InChI is InChI=1S/C31H26F2N4O4/c32-20-14-25(36(15-20)28(40)16-37-24-7-2-1-5-22(24)30(35-37)31(34)41)27(39)13-19-4-3-6-21(29(19)33)18-9-8-17-10-11-26(38)23(17)12-18/h1-9,12,20,25H,10-11,13-16H2,(H2,34,41)/t20-,25+/m1/s1.